The predicted molar refractivity (Wildman–Crippen MR) is 121 cm³/mol. The maximum atomic E-state index is 13.5. The van der Waals surface area contributed by atoms with Gasteiger partial charge in [-0.25, -0.2) is 4.39 Å². The molecule has 194 valence electrons. The highest BCUT2D eigenvalue weighted by molar-refractivity contribution is 6.30. The first kappa shape index (κ1) is 26.2. The zero-order valence-electron chi connectivity index (χ0n) is 19.0. The van der Waals surface area contributed by atoms with Crippen LogP contribution in [0.25, 0.3) is 0 Å². The molecule has 3 N–H and O–H groups in total. The third kappa shape index (κ3) is 5.73. The van der Waals surface area contributed by atoms with Crippen molar-refractivity contribution in [1.29, 1.82) is 0 Å². The Morgan fingerprint density at radius 3 is 2.42 bits per heavy atom. The molecule has 0 spiro atoms. The Balaban J connectivity index is 1.30. The molecule has 3 aliphatic carbocycles. The van der Waals surface area contributed by atoms with Crippen molar-refractivity contribution in [3.63, 3.8) is 0 Å². The van der Waals surface area contributed by atoms with Crippen LogP contribution in [-0.4, -0.2) is 45.7 Å². The van der Waals surface area contributed by atoms with Gasteiger partial charge in [-0.1, -0.05) is 11.6 Å². The number of ether oxygens (including phenoxy) is 1. The maximum absolute atomic E-state index is 13.5. The number of rotatable bonds is 7. The number of aliphatic hydroxyl groups excluding tert-OH is 1. The van der Waals surface area contributed by atoms with Crippen molar-refractivity contribution in [3.05, 3.63) is 58.6 Å². The number of fused-ring (bicyclic) bond motifs is 3. The number of amides is 2. The molecule has 1 aromatic heterocycles. The summed E-state index contributed by atoms with van der Waals surface area (Å²) in [6.07, 6.45) is -2.91. The minimum Gasteiger partial charge on any atom is -0.484 e. The van der Waals surface area contributed by atoms with Crippen molar-refractivity contribution in [2.75, 3.05) is 6.61 Å². The van der Waals surface area contributed by atoms with Gasteiger partial charge in [0.15, 0.2) is 6.61 Å². The van der Waals surface area contributed by atoms with Gasteiger partial charge >= 0.3 is 6.18 Å². The van der Waals surface area contributed by atoms with Crippen LogP contribution >= 0.6 is 11.6 Å². The van der Waals surface area contributed by atoms with Crippen LogP contribution in [-0.2, 0) is 22.2 Å². The summed E-state index contributed by atoms with van der Waals surface area (Å²) >= 11 is 5.63. The zero-order valence-corrected chi connectivity index (χ0v) is 19.8. The predicted octanol–water partition coefficient (Wildman–Crippen LogP) is 3.56. The van der Waals surface area contributed by atoms with Gasteiger partial charge in [-0.05, 0) is 56.4 Å². The molecule has 12 heteroatoms. The van der Waals surface area contributed by atoms with Gasteiger partial charge in [0.1, 0.15) is 11.6 Å². The maximum Gasteiger partial charge on any atom is 0.417 e. The highest BCUT2D eigenvalue weighted by Gasteiger charge is 2.55. The fraction of sp³-hybridized carbons (Fsp3) is 0.458. The molecule has 2 bridgehead atoms. The third-order valence-corrected chi connectivity index (χ3v) is 7.18. The number of hydrogen-bond acceptors (Lipinski definition) is 5. The molecule has 3 saturated carbocycles. The summed E-state index contributed by atoms with van der Waals surface area (Å²) in [7, 11) is 0. The summed E-state index contributed by atoms with van der Waals surface area (Å²) in [5.74, 6) is -1.41. The molecule has 1 unspecified atom stereocenters. The van der Waals surface area contributed by atoms with E-state index in [0.29, 0.717) is 31.9 Å². The molecule has 2 aromatic rings. The van der Waals surface area contributed by atoms with E-state index < -0.39 is 46.6 Å². The normalized spacial score (nSPS) is 25.3. The van der Waals surface area contributed by atoms with Gasteiger partial charge in [0, 0.05) is 23.5 Å². The lowest BCUT2D eigenvalue weighted by molar-refractivity contribution is -0.137. The minimum absolute atomic E-state index is 0.0654. The minimum atomic E-state index is -4.51. The van der Waals surface area contributed by atoms with E-state index in [1.165, 1.54) is 12.1 Å². The molecule has 3 fully saturated rings. The number of benzene rings is 1. The van der Waals surface area contributed by atoms with Crippen molar-refractivity contribution >= 4 is 23.4 Å². The second-order valence-corrected chi connectivity index (χ2v) is 9.74. The number of carbonyl (C=O) groups excluding carboxylic acids is 2. The van der Waals surface area contributed by atoms with E-state index in [9.17, 15) is 32.3 Å². The van der Waals surface area contributed by atoms with E-state index in [2.05, 4.69) is 15.6 Å². The number of aromatic nitrogens is 1. The van der Waals surface area contributed by atoms with Gasteiger partial charge in [-0.2, -0.15) is 13.2 Å². The number of halogens is 5. The Morgan fingerprint density at radius 2 is 1.83 bits per heavy atom. The molecule has 36 heavy (non-hydrogen) atoms. The average Bonchev–Trinajstić information content (AvgIpc) is 2.81. The monoisotopic (exact) mass is 529 g/mol. The smallest absolute Gasteiger partial charge is 0.417 e. The molecular weight excluding hydrogens is 506 g/mol. The molecule has 0 saturated heterocycles. The van der Waals surface area contributed by atoms with E-state index in [4.69, 9.17) is 16.3 Å². The highest BCUT2D eigenvalue weighted by Crippen LogP contribution is 2.47. The van der Waals surface area contributed by atoms with Crippen molar-refractivity contribution in [2.45, 2.75) is 61.9 Å². The first-order valence-corrected chi connectivity index (χ1v) is 11.7. The van der Waals surface area contributed by atoms with Crippen LogP contribution in [0.15, 0.2) is 36.5 Å². The molecule has 1 aromatic carbocycles. The second-order valence-electron chi connectivity index (χ2n) is 9.33. The largest absolute Gasteiger partial charge is 0.484 e. The Kier molecular flexibility index (Phi) is 7.16. The number of pyridine rings is 1. The fourth-order valence-corrected chi connectivity index (χ4v) is 5.01. The SMILES string of the molecule is O=C(Cc1ccc(C(F)(F)F)cn1)NC12CCC(NC(=O)COc3ccc(Cl)c(F)c3)(CC1)C(O)C2. The van der Waals surface area contributed by atoms with E-state index in [0.717, 1.165) is 18.2 Å². The van der Waals surface area contributed by atoms with E-state index in [1.54, 1.807) is 0 Å². The quantitative estimate of drug-likeness (QED) is 0.476. The second kappa shape index (κ2) is 9.85. The van der Waals surface area contributed by atoms with Gasteiger partial charge in [0.05, 0.1) is 28.6 Å². The summed E-state index contributed by atoms with van der Waals surface area (Å²) in [6.45, 7) is -0.377. The van der Waals surface area contributed by atoms with Crippen LogP contribution in [0.5, 0.6) is 5.75 Å². The van der Waals surface area contributed by atoms with Crippen LogP contribution in [0.1, 0.15) is 43.4 Å². The zero-order chi connectivity index (χ0) is 26.1. The van der Waals surface area contributed by atoms with Crippen LogP contribution in [0, 0.1) is 5.82 Å². The van der Waals surface area contributed by atoms with Crippen molar-refractivity contribution in [3.8, 4) is 5.75 Å². The van der Waals surface area contributed by atoms with E-state index >= 15 is 0 Å². The standard InChI is InChI=1S/C24H24ClF4N3O4/c25-17-4-3-16(10-18(17)26)36-13-21(35)32-23-7-5-22(6-8-23,11-19(23)33)31-20(34)9-15-2-1-14(12-30-15)24(27,28)29/h1-4,10,12,19,33H,5-9,11,13H2,(H,31,34)(H,32,35). The summed E-state index contributed by atoms with van der Waals surface area (Å²) < 4.78 is 56.9. The molecule has 7 nitrogen and oxygen atoms in total. The summed E-state index contributed by atoms with van der Waals surface area (Å²) in [4.78, 5) is 28.8. The van der Waals surface area contributed by atoms with Crippen LogP contribution < -0.4 is 15.4 Å². The topological polar surface area (TPSA) is 101 Å². The summed E-state index contributed by atoms with van der Waals surface area (Å²) in [6, 6.07) is 5.86. The highest BCUT2D eigenvalue weighted by atomic mass is 35.5. The van der Waals surface area contributed by atoms with Crippen molar-refractivity contribution in [2.24, 2.45) is 0 Å². The first-order chi connectivity index (χ1) is 16.9. The van der Waals surface area contributed by atoms with Gasteiger partial charge in [0.2, 0.25) is 5.91 Å². The molecular formula is C24H24ClF4N3O4. The Labute approximate surface area is 209 Å². The van der Waals surface area contributed by atoms with Crippen LogP contribution in [0.2, 0.25) is 5.02 Å². The lowest BCUT2D eigenvalue weighted by Gasteiger charge is -2.56. The third-order valence-electron chi connectivity index (χ3n) is 6.87. The van der Waals surface area contributed by atoms with Crippen LogP contribution in [0.4, 0.5) is 17.6 Å². The first-order valence-electron chi connectivity index (χ1n) is 11.3. The lowest BCUT2D eigenvalue weighted by Crippen LogP contribution is -2.70. The number of carbonyl (C=O) groups is 2. The number of alkyl halides is 3. The Morgan fingerprint density at radius 1 is 1.11 bits per heavy atom. The Hall–Kier alpha value is -2.92. The fourth-order valence-electron chi connectivity index (χ4n) is 4.89. The Bertz CT molecular complexity index is 1140. The molecule has 2 amide bonds. The van der Waals surface area contributed by atoms with Gasteiger partial charge in [0.25, 0.3) is 5.91 Å². The van der Waals surface area contributed by atoms with Gasteiger partial charge in [-0.15, -0.1) is 0 Å². The molecule has 1 atom stereocenters. The number of nitrogens with one attached hydrogen (secondary N) is 2. The van der Waals surface area contributed by atoms with E-state index in [1.807, 2.05) is 0 Å². The number of nitrogens with zero attached hydrogens (tertiary/aromatic N) is 1. The summed E-state index contributed by atoms with van der Waals surface area (Å²) in [5, 5.41) is 16.5. The van der Waals surface area contributed by atoms with Crippen LogP contribution in [0.3, 0.4) is 0 Å². The lowest BCUT2D eigenvalue weighted by atomic mass is 9.60. The molecule has 3 aliphatic rings. The molecule has 5 rings (SSSR count). The van der Waals surface area contributed by atoms with Crippen molar-refractivity contribution in [1.82, 2.24) is 15.6 Å². The number of aliphatic hydroxyl groups is 1. The average molecular weight is 530 g/mol. The molecule has 1 heterocycles. The van der Waals surface area contributed by atoms with Gasteiger partial charge in [-0.3, -0.25) is 14.6 Å². The van der Waals surface area contributed by atoms with Crippen molar-refractivity contribution < 1.29 is 37.0 Å². The molecule has 0 radical (unpaired) electrons. The molecule has 0 aliphatic heterocycles. The number of hydrogen-bond donors (Lipinski definition) is 3. The van der Waals surface area contributed by atoms with E-state index in [-0.39, 0.29) is 35.9 Å². The van der Waals surface area contributed by atoms with Gasteiger partial charge < -0.3 is 20.5 Å². The summed E-state index contributed by atoms with van der Waals surface area (Å²) in [5.41, 5.74) is -2.23.